The highest BCUT2D eigenvalue weighted by Gasteiger charge is 2.15. The highest BCUT2D eigenvalue weighted by atomic mass is 32.1. The van der Waals surface area contributed by atoms with Crippen molar-refractivity contribution >= 4 is 18.5 Å². The molecule has 0 saturated carbocycles. The lowest BCUT2D eigenvalue weighted by molar-refractivity contribution is -0.120. The number of carbonyl (C=O) groups excluding carboxylic acids is 1. The van der Waals surface area contributed by atoms with Gasteiger partial charge in [0.05, 0.1) is 5.25 Å². The van der Waals surface area contributed by atoms with Gasteiger partial charge in [0, 0.05) is 6.54 Å². The Morgan fingerprint density at radius 2 is 1.83 bits per heavy atom. The molecule has 1 rings (SSSR count). The highest BCUT2D eigenvalue weighted by molar-refractivity contribution is 7.81. The van der Waals surface area contributed by atoms with Gasteiger partial charge < -0.3 is 5.32 Å². The summed E-state index contributed by atoms with van der Waals surface area (Å²) in [6, 6.07) is 9.99. The molecule has 1 amide bonds. The second-order valence-electron chi connectivity index (χ2n) is 4.63. The van der Waals surface area contributed by atoms with Crippen molar-refractivity contribution in [1.29, 1.82) is 0 Å². The Labute approximate surface area is 116 Å². The van der Waals surface area contributed by atoms with E-state index >= 15 is 0 Å². The van der Waals surface area contributed by atoms with Gasteiger partial charge in [-0.15, -0.1) is 0 Å². The van der Waals surface area contributed by atoms with Gasteiger partial charge in [0.25, 0.3) is 0 Å². The third-order valence-corrected chi connectivity index (χ3v) is 3.71. The first kappa shape index (κ1) is 15.1. The molecule has 0 radical (unpaired) electrons. The maximum absolute atomic E-state index is 11.9. The number of hydrogen-bond donors (Lipinski definition) is 2. The van der Waals surface area contributed by atoms with Crippen LogP contribution < -0.4 is 5.32 Å². The maximum Gasteiger partial charge on any atom is 0.233 e. The van der Waals surface area contributed by atoms with Gasteiger partial charge in [0.1, 0.15) is 0 Å². The topological polar surface area (TPSA) is 29.1 Å². The highest BCUT2D eigenvalue weighted by Crippen LogP contribution is 2.09. The molecule has 1 aromatic carbocycles. The lowest BCUT2D eigenvalue weighted by Crippen LogP contribution is -2.35. The van der Waals surface area contributed by atoms with Crippen molar-refractivity contribution in [1.82, 2.24) is 5.32 Å². The Hall–Kier alpha value is -0.960. The largest absolute Gasteiger partial charge is 0.355 e. The van der Waals surface area contributed by atoms with Gasteiger partial charge in [-0.2, -0.15) is 12.6 Å². The SMILES string of the molecule is CCC(CC)CNC(=O)C(S)Cc1ccccc1. The molecule has 1 atom stereocenters. The van der Waals surface area contributed by atoms with Crippen molar-refractivity contribution in [3.63, 3.8) is 0 Å². The molecular formula is C15H23NOS. The van der Waals surface area contributed by atoms with Gasteiger partial charge in [-0.3, -0.25) is 4.79 Å². The molecule has 0 aliphatic heterocycles. The molecule has 2 nitrogen and oxygen atoms in total. The van der Waals surface area contributed by atoms with E-state index in [1.165, 1.54) is 0 Å². The van der Waals surface area contributed by atoms with Crippen molar-refractivity contribution in [3.8, 4) is 0 Å². The zero-order valence-electron chi connectivity index (χ0n) is 11.2. The van der Waals surface area contributed by atoms with Crippen LogP contribution in [0.1, 0.15) is 32.3 Å². The molecule has 1 unspecified atom stereocenters. The van der Waals surface area contributed by atoms with Gasteiger partial charge in [0.15, 0.2) is 0 Å². The van der Waals surface area contributed by atoms with Crippen LogP contribution in [-0.2, 0) is 11.2 Å². The van der Waals surface area contributed by atoms with E-state index in [1.54, 1.807) is 0 Å². The van der Waals surface area contributed by atoms with Crippen LogP contribution in [0.25, 0.3) is 0 Å². The zero-order chi connectivity index (χ0) is 13.4. The second kappa shape index (κ2) is 8.20. The minimum atomic E-state index is -0.262. The first-order valence-electron chi connectivity index (χ1n) is 6.67. The molecule has 18 heavy (non-hydrogen) atoms. The molecular weight excluding hydrogens is 242 g/mol. The van der Waals surface area contributed by atoms with Crippen LogP contribution in [0.3, 0.4) is 0 Å². The maximum atomic E-state index is 11.9. The third-order valence-electron chi connectivity index (χ3n) is 3.29. The Morgan fingerprint density at radius 3 is 2.39 bits per heavy atom. The van der Waals surface area contributed by atoms with Crippen LogP contribution in [0.2, 0.25) is 0 Å². The molecule has 0 fully saturated rings. The summed E-state index contributed by atoms with van der Waals surface area (Å²) in [5.74, 6) is 0.611. The van der Waals surface area contributed by atoms with Gasteiger partial charge in [-0.1, -0.05) is 57.0 Å². The van der Waals surface area contributed by atoms with Crippen molar-refractivity contribution in [2.75, 3.05) is 6.54 Å². The van der Waals surface area contributed by atoms with Gasteiger partial charge >= 0.3 is 0 Å². The van der Waals surface area contributed by atoms with E-state index in [2.05, 4.69) is 31.8 Å². The van der Waals surface area contributed by atoms with E-state index in [1.807, 2.05) is 30.3 Å². The second-order valence-corrected chi connectivity index (χ2v) is 5.26. The number of benzene rings is 1. The predicted octanol–water partition coefficient (Wildman–Crippen LogP) is 3.08. The molecule has 3 heteroatoms. The normalized spacial score (nSPS) is 12.4. The average Bonchev–Trinajstić information content (AvgIpc) is 2.40. The fourth-order valence-corrected chi connectivity index (χ4v) is 2.17. The molecule has 0 spiro atoms. The van der Waals surface area contributed by atoms with Crippen molar-refractivity contribution in [2.24, 2.45) is 5.92 Å². The van der Waals surface area contributed by atoms with Crippen LogP contribution in [0.4, 0.5) is 0 Å². The molecule has 0 aromatic heterocycles. The molecule has 1 aromatic rings. The number of rotatable bonds is 7. The monoisotopic (exact) mass is 265 g/mol. The van der Waals surface area contributed by atoms with Crippen LogP contribution in [0.5, 0.6) is 0 Å². The first-order valence-corrected chi connectivity index (χ1v) is 7.18. The summed E-state index contributed by atoms with van der Waals surface area (Å²) >= 11 is 4.39. The predicted molar refractivity (Wildman–Crippen MR) is 80.0 cm³/mol. The van der Waals surface area contributed by atoms with E-state index in [9.17, 15) is 4.79 Å². The van der Waals surface area contributed by atoms with Gasteiger partial charge in [-0.05, 0) is 17.9 Å². The third kappa shape index (κ3) is 5.13. The summed E-state index contributed by atoms with van der Waals surface area (Å²) in [4.78, 5) is 11.9. The fraction of sp³-hybridized carbons (Fsp3) is 0.533. The summed E-state index contributed by atoms with van der Waals surface area (Å²) in [6.45, 7) is 5.07. The number of hydrogen-bond acceptors (Lipinski definition) is 2. The minimum absolute atomic E-state index is 0.0362. The van der Waals surface area contributed by atoms with Gasteiger partial charge in [0.2, 0.25) is 5.91 Å². The van der Waals surface area contributed by atoms with E-state index in [0.29, 0.717) is 12.3 Å². The van der Waals surface area contributed by atoms with E-state index < -0.39 is 0 Å². The molecule has 0 saturated heterocycles. The van der Waals surface area contributed by atoms with Crippen LogP contribution in [0, 0.1) is 5.92 Å². The Balaban J connectivity index is 2.37. The van der Waals surface area contributed by atoms with Crippen LogP contribution in [-0.4, -0.2) is 17.7 Å². The van der Waals surface area contributed by atoms with E-state index in [-0.39, 0.29) is 11.2 Å². The number of thiol groups is 1. The summed E-state index contributed by atoms with van der Waals surface area (Å²) in [7, 11) is 0. The summed E-state index contributed by atoms with van der Waals surface area (Å²) in [6.07, 6.45) is 2.89. The fourth-order valence-electron chi connectivity index (χ4n) is 1.87. The first-order chi connectivity index (χ1) is 8.67. The Morgan fingerprint density at radius 1 is 1.22 bits per heavy atom. The van der Waals surface area contributed by atoms with Gasteiger partial charge in [-0.25, -0.2) is 0 Å². The lowest BCUT2D eigenvalue weighted by atomic mass is 10.0. The molecule has 0 heterocycles. The summed E-state index contributed by atoms with van der Waals surface area (Å²) in [5.41, 5.74) is 1.15. The quantitative estimate of drug-likeness (QED) is 0.729. The smallest absolute Gasteiger partial charge is 0.233 e. The van der Waals surface area contributed by atoms with E-state index in [4.69, 9.17) is 0 Å². The molecule has 1 N–H and O–H groups in total. The van der Waals surface area contributed by atoms with Crippen LogP contribution >= 0.6 is 12.6 Å². The van der Waals surface area contributed by atoms with Crippen molar-refractivity contribution in [2.45, 2.75) is 38.4 Å². The average molecular weight is 265 g/mol. The lowest BCUT2D eigenvalue weighted by Gasteiger charge is -2.16. The van der Waals surface area contributed by atoms with Crippen molar-refractivity contribution in [3.05, 3.63) is 35.9 Å². The minimum Gasteiger partial charge on any atom is -0.355 e. The van der Waals surface area contributed by atoms with E-state index in [0.717, 1.165) is 24.9 Å². The van der Waals surface area contributed by atoms with Crippen LogP contribution in [0.15, 0.2) is 30.3 Å². The number of amides is 1. The molecule has 0 bridgehead atoms. The number of carbonyl (C=O) groups is 1. The Kier molecular flexibility index (Phi) is 6.88. The Bertz CT molecular complexity index is 349. The summed E-state index contributed by atoms with van der Waals surface area (Å²) < 4.78 is 0. The zero-order valence-corrected chi connectivity index (χ0v) is 12.1. The number of nitrogens with one attached hydrogen (secondary N) is 1. The summed E-state index contributed by atoms with van der Waals surface area (Å²) in [5, 5.41) is 2.73. The molecule has 0 aliphatic carbocycles. The molecule has 0 aliphatic rings. The van der Waals surface area contributed by atoms with Crippen molar-refractivity contribution < 1.29 is 4.79 Å². The molecule has 100 valence electrons. The standard InChI is InChI=1S/C15H23NOS/c1-3-12(4-2)11-16-15(17)14(18)10-13-8-6-5-7-9-13/h5-9,12,14,18H,3-4,10-11H2,1-2H3,(H,16,17).